The Bertz CT molecular complexity index is 635. The average molecular weight is 611 g/mol. The zero-order chi connectivity index (χ0) is 31.6. The fourth-order valence-electron chi connectivity index (χ4n) is 5.26. The standard InChI is InChI=1S/C37H70O6/c1-4-7-10-13-15-16-17-18-19-20-22-24-27-30-36(39)42-33-34(32-41-35(38)29-26-23-12-9-6-3)43-37(40)31-28-25-21-14-11-8-5-2/h34H,4-33H2,1-3H3/t34-/m1/s1. The Morgan fingerprint density at radius 2 is 0.628 bits per heavy atom. The van der Waals surface area contributed by atoms with Crippen molar-refractivity contribution in [3.8, 4) is 0 Å². The number of rotatable bonds is 33. The normalized spacial score (nSPS) is 11.8. The minimum atomic E-state index is -0.753. The molecule has 43 heavy (non-hydrogen) atoms. The first-order valence-corrected chi connectivity index (χ1v) is 18.5. The van der Waals surface area contributed by atoms with Crippen LogP contribution < -0.4 is 0 Å². The summed E-state index contributed by atoms with van der Waals surface area (Å²) in [6.45, 7) is 6.49. The second-order valence-corrected chi connectivity index (χ2v) is 12.5. The molecule has 0 spiro atoms. The van der Waals surface area contributed by atoms with Gasteiger partial charge in [0, 0.05) is 19.3 Å². The summed E-state index contributed by atoms with van der Waals surface area (Å²) in [5.41, 5.74) is 0. The Balaban J connectivity index is 4.21. The Kier molecular flexibility index (Phi) is 32.1. The van der Waals surface area contributed by atoms with Crippen LogP contribution in [0.15, 0.2) is 0 Å². The van der Waals surface area contributed by atoms with E-state index in [2.05, 4.69) is 20.8 Å². The molecule has 0 radical (unpaired) electrons. The molecule has 6 nitrogen and oxygen atoms in total. The van der Waals surface area contributed by atoms with Gasteiger partial charge < -0.3 is 14.2 Å². The number of unbranched alkanes of at least 4 members (excludes halogenated alkanes) is 22. The van der Waals surface area contributed by atoms with Crippen molar-refractivity contribution >= 4 is 17.9 Å². The van der Waals surface area contributed by atoms with Crippen LogP contribution in [0, 0.1) is 0 Å². The van der Waals surface area contributed by atoms with E-state index in [1.54, 1.807) is 0 Å². The first-order chi connectivity index (χ1) is 21.0. The molecule has 0 aromatic carbocycles. The lowest BCUT2D eigenvalue weighted by atomic mass is 10.0. The predicted molar refractivity (Wildman–Crippen MR) is 178 cm³/mol. The maximum atomic E-state index is 12.5. The van der Waals surface area contributed by atoms with Crippen molar-refractivity contribution < 1.29 is 28.6 Å². The van der Waals surface area contributed by atoms with Gasteiger partial charge >= 0.3 is 17.9 Å². The Labute approximate surface area is 266 Å². The highest BCUT2D eigenvalue weighted by atomic mass is 16.6. The van der Waals surface area contributed by atoms with Gasteiger partial charge in [0.1, 0.15) is 13.2 Å². The van der Waals surface area contributed by atoms with Crippen LogP contribution >= 0.6 is 0 Å². The van der Waals surface area contributed by atoms with Gasteiger partial charge in [0.2, 0.25) is 0 Å². The quantitative estimate of drug-likeness (QED) is 0.0418. The number of carbonyl (C=O) groups excluding carboxylic acids is 3. The lowest BCUT2D eigenvalue weighted by Gasteiger charge is -2.18. The van der Waals surface area contributed by atoms with Gasteiger partial charge in [0.25, 0.3) is 0 Å². The number of carbonyl (C=O) groups is 3. The molecule has 254 valence electrons. The predicted octanol–water partition coefficient (Wildman–Crippen LogP) is 11.0. The van der Waals surface area contributed by atoms with Gasteiger partial charge in [-0.3, -0.25) is 14.4 Å². The van der Waals surface area contributed by atoms with Crippen molar-refractivity contribution in [1.82, 2.24) is 0 Å². The highest BCUT2D eigenvalue weighted by Gasteiger charge is 2.19. The van der Waals surface area contributed by atoms with Gasteiger partial charge in [-0.15, -0.1) is 0 Å². The van der Waals surface area contributed by atoms with E-state index in [9.17, 15) is 14.4 Å². The van der Waals surface area contributed by atoms with Crippen LogP contribution in [0.4, 0.5) is 0 Å². The molecule has 0 amide bonds. The lowest BCUT2D eigenvalue weighted by Crippen LogP contribution is -2.30. The smallest absolute Gasteiger partial charge is 0.306 e. The third-order valence-corrected chi connectivity index (χ3v) is 8.11. The van der Waals surface area contributed by atoms with Crippen molar-refractivity contribution in [3.63, 3.8) is 0 Å². The van der Waals surface area contributed by atoms with Gasteiger partial charge in [-0.05, 0) is 19.3 Å². The van der Waals surface area contributed by atoms with E-state index in [-0.39, 0.29) is 31.1 Å². The summed E-state index contributed by atoms with van der Waals surface area (Å²) in [6.07, 6.45) is 29.8. The van der Waals surface area contributed by atoms with E-state index in [4.69, 9.17) is 14.2 Å². The van der Waals surface area contributed by atoms with Crippen LogP contribution in [0.2, 0.25) is 0 Å². The molecule has 0 heterocycles. The van der Waals surface area contributed by atoms with Gasteiger partial charge in [0.05, 0.1) is 0 Å². The van der Waals surface area contributed by atoms with E-state index in [0.29, 0.717) is 19.3 Å². The topological polar surface area (TPSA) is 78.9 Å². The molecule has 0 aromatic rings. The molecule has 0 aliphatic rings. The van der Waals surface area contributed by atoms with Crippen molar-refractivity contribution in [2.24, 2.45) is 0 Å². The number of ether oxygens (including phenoxy) is 3. The van der Waals surface area contributed by atoms with Gasteiger partial charge in [0.15, 0.2) is 6.10 Å². The highest BCUT2D eigenvalue weighted by Crippen LogP contribution is 2.14. The molecule has 0 fully saturated rings. The van der Waals surface area contributed by atoms with E-state index < -0.39 is 6.10 Å². The summed E-state index contributed by atoms with van der Waals surface area (Å²) in [5.74, 6) is -0.886. The van der Waals surface area contributed by atoms with Crippen molar-refractivity contribution in [2.45, 2.75) is 207 Å². The summed E-state index contributed by atoms with van der Waals surface area (Å²) in [6, 6.07) is 0. The van der Waals surface area contributed by atoms with Crippen molar-refractivity contribution in [1.29, 1.82) is 0 Å². The summed E-state index contributed by atoms with van der Waals surface area (Å²) >= 11 is 0. The first-order valence-electron chi connectivity index (χ1n) is 18.5. The molecule has 0 N–H and O–H groups in total. The first kappa shape index (κ1) is 41.4. The van der Waals surface area contributed by atoms with Crippen LogP contribution in [0.25, 0.3) is 0 Å². The second-order valence-electron chi connectivity index (χ2n) is 12.5. The molecule has 0 saturated heterocycles. The molecule has 0 aliphatic heterocycles. The van der Waals surface area contributed by atoms with Crippen LogP contribution in [-0.4, -0.2) is 37.2 Å². The molecule has 0 saturated carbocycles. The number of hydrogen-bond acceptors (Lipinski definition) is 6. The van der Waals surface area contributed by atoms with Crippen LogP contribution in [0.5, 0.6) is 0 Å². The summed E-state index contributed by atoms with van der Waals surface area (Å²) < 4.78 is 16.4. The summed E-state index contributed by atoms with van der Waals surface area (Å²) in [7, 11) is 0. The minimum Gasteiger partial charge on any atom is -0.462 e. The van der Waals surface area contributed by atoms with Crippen LogP contribution in [0.1, 0.15) is 201 Å². The van der Waals surface area contributed by atoms with E-state index in [1.165, 1.54) is 96.3 Å². The highest BCUT2D eigenvalue weighted by molar-refractivity contribution is 5.71. The summed E-state index contributed by atoms with van der Waals surface area (Å²) in [4.78, 5) is 37.0. The monoisotopic (exact) mass is 611 g/mol. The van der Waals surface area contributed by atoms with E-state index in [0.717, 1.165) is 64.2 Å². The fourth-order valence-corrected chi connectivity index (χ4v) is 5.26. The van der Waals surface area contributed by atoms with E-state index in [1.807, 2.05) is 0 Å². The largest absolute Gasteiger partial charge is 0.462 e. The van der Waals surface area contributed by atoms with Crippen LogP contribution in [0.3, 0.4) is 0 Å². The zero-order valence-electron chi connectivity index (χ0n) is 28.7. The van der Waals surface area contributed by atoms with Gasteiger partial charge in [-0.1, -0.05) is 162 Å². The SMILES string of the molecule is CCCCCCCCCCCCCCCC(=O)OC[C@@H](COC(=O)CCCCCCC)OC(=O)CCCCCCCCC. The lowest BCUT2D eigenvalue weighted by molar-refractivity contribution is -0.167. The fraction of sp³-hybridized carbons (Fsp3) is 0.919. The molecule has 0 bridgehead atoms. The van der Waals surface area contributed by atoms with Gasteiger partial charge in [-0.2, -0.15) is 0 Å². The third-order valence-electron chi connectivity index (χ3n) is 8.11. The van der Waals surface area contributed by atoms with E-state index >= 15 is 0 Å². The zero-order valence-corrected chi connectivity index (χ0v) is 28.7. The Hall–Kier alpha value is -1.59. The van der Waals surface area contributed by atoms with Crippen molar-refractivity contribution in [2.75, 3.05) is 13.2 Å². The molecule has 0 aliphatic carbocycles. The summed E-state index contributed by atoms with van der Waals surface area (Å²) in [5, 5.41) is 0. The Morgan fingerprint density at radius 1 is 0.372 bits per heavy atom. The molecular formula is C37H70O6. The Morgan fingerprint density at radius 3 is 0.930 bits per heavy atom. The van der Waals surface area contributed by atoms with Crippen LogP contribution in [-0.2, 0) is 28.6 Å². The van der Waals surface area contributed by atoms with Gasteiger partial charge in [-0.25, -0.2) is 0 Å². The number of hydrogen-bond donors (Lipinski definition) is 0. The average Bonchev–Trinajstić information content (AvgIpc) is 3.00. The maximum Gasteiger partial charge on any atom is 0.306 e. The molecule has 0 unspecified atom stereocenters. The number of esters is 3. The second kappa shape index (κ2) is 33.3. The third kappa shape index (κ3) is 31.6. The molecule has 0 rings (SSSR count). The minimum absolute atomic E-state index is 0.0657. The van der Waals surface area contributed by atoms with Crippen molar-refractivity contribution in [3.05, 3.63) is 0 Å². The maximum absolute atomic E-state index is 12.5. The molecule has 1 atom stereocenters. The molecule has 0 aromatic heterocycles. The molecular weight excluding hydrogens is 540 g/mol. The molecule has 6 heteroatoms.